The van der Waals surface area contributed by atoms with Gasteiger partial charge in [-0.3, -0.25) is 4.99 Å². The van der Waals surface area contributed by atoms with Crippen LogP contribution in [0.1, 0.15) is 5.56 Å². The van der Waals surface area contributed by atoms with E-state index in [0.717, 1.165) is 10.2 Å². The van der Waals surface area contributed by atoms with Gasteiger partial charge in [0, 0.05) is 21.6 Å². The first-order chi connectivity index (χ1) is 9.65. The molecule has 0 bridgehead atoms. The number of aromatic amines is 1. The van der Waals surface area contributed by atoms with Gasteiger partial charge >= 0.3 is 0 Å². The lowest BCUT2D eigenvalue weighted by Crippen LogP contribution is -1.80. The summed E-state index contributed by atoms with van der Waals surface area (Å²) in [7, 11) is 0. The summed E-state index contributed by atoms with van der Waals surface area (Å²) in [5.74, 6) is -0.381. The lowest BCUT2D eigenvalue weighted by Gasteiger charge is -1.97. The van der Waals surface area contributed by atoms with Crippen LogP contribution in [-0.4, -0.2) is 16.3 Å². The zero-order valence-electron chi connectivity index (χ0n) is 10.3. The number of hydrogen-bond acceptors (Lipinski definition) is 2. The number of benzene rings is 2. The van der Waals surface area contributed by atoms with Crippen LogP contribution in [0.5, 0.6) is 5.88 Å². The highest BCUT2D eigenvalue weighted by atomic mass is 79.9. The number of aromatic hydroxyl groups is 1. The van der Waals surface area contributed by atoms with Crippen molar-refractivity contribution >= 4 is 38.7 Å². The maximum atomic E-state index is 13.3. The van der Waals surface area contributed by atoms with Crippen LogP contribution in [0.15, 0.2) is 51.9 Å². The summed E-state index contributed by atoms with van der Waals surface area (Å²) >= 11 is 3.40. The highest BCUT2D eigenvalue weighted by Crippen LogP contribution is 2.28. The van der Waals surface area contributed by atoms with E-state index in [1.54, 1.807) is 6.07 Å². The number of rotatable bonds is 2. The molecule has 2 N–H and O–H groups in total. The van der Waals surface area contributed by atoms with Crippen LogP contribution in [0.25, 0.3) is 10.9 Å². The van der Waals surface area contributed by atoms with Gasteiger partial charge < -0.3 is 10.1 Å². The van der Waals surface area contributed by atoms with Crippen molar-refractivity contribution in [2.45, 2.75) is 0 Å². The van der Waals surface area contributed by atoms with Crippen LogP contribution in [0.4, 0.5) is 10.1 Å². The standard InChI is InChI=1S/C15H10BrFN2O/c16-12-3-1-2-4-14(12)18-8-11-10-7-9(17)5-6-13(10)19-15(11)20/h1-8,19-20H. The Morgan fingerprint density at radius 2 is 2.00 bits per heavy atom. The number of fused-ring (bicyclic) bond motifs is 1. The SMILES string of the molecule is Oc1[nH]c2ccc(F)cc2c1C=Nc1ccccc1Br. The van der Waals surface area contributed by atoms with Crippen LogP contribution in [-0.2, 0) is 0 Å². The third kappa shape index (κ3) is 2.32. The van der Waals surface area contributed by atoms with E-state index >= 15 is 0 Å². The molecule has 1 heterocycles. The van der Waals surface area contributed by atoms with Crippen LogP contribution in [0.3, 0.4) is 0 Å². The smallest absolute Gasteiger partial charge is 0.198 e. The maximum absolute atomic E-state index is 13.3. The fourth-order valence-corrected chi connectivity index (χ4v) is 2.38. The van der Waals surface area contributed by atoms with Gasteiger partial charge in [-0.05, 0) is 46.3 Å². The van der Waals surface area contributed by atoms with E-state index in [-0.39, 0.29) is 11.7 Å². The Labute approximate surface area is 122 Å². The summed E-state index contributed by atoms with van der Waals surface area (Å²) < 4.78 is 14.2. The van der Waals surface area contributed by atoms with Crippen molar-refractivity contribution in [1.82, 2.24) is 4.98 Å². The number of H-pyrrole nitrogens is 1. The van der Waals surface area contributed by atoms with Gasteiger partial charge in [-0.2, -0.15) is 0 Å². The molecule has 1 aromatic heterocycles. The van der Waals surface area contributed by atoms with Gasteiger partial charge in [0.15, 0.2) is 5.88 Å². The molecule has 0 radical (unpaired) electrons. The van der Waals surface area contributed by atoms with Crippen molar-refractivity contribution in [2.24, 2.45) is 4.99 Å². The largest absolute Gasteiger partial charge is 0.494 e. The second-order valence-corrected chi connectivity index (χ2v) is 5.14. The molecule has 2 aromatic carbocycles. The number of aliphatic imine (C=N–C) groups is 1. The first kappa shape index (κ1) is 12.9. The van der Waals surface area contributed by atoms with E-state index in [2.05, 4.69) is 25.9 Å². The van der Waals surface area contributed by atoms with E-state index in [1.165, 1.54) is 18.3 Å². The van der Waals surface area contributed by atoms with Gasteiger partial charge in [0.2, 0.25) is 0 Å². The molecule has 0 aliphatic heterocycles. The summed E-state index contributed by atoms with van der Waals surface area (Å²) in [5.41, 5.74) is 1.87. The number of nitrogens with one attached hydrogen (secondary N) is 1. The zero-order valence-corrected chi connectivity index (χ0v) is 11.9. The molecule has 0 unspecified atom stereocenters. The monoisotopic (exact) mass is 332 g/mol. The van der Waals surface area contributed by atoms with Gasteiger partial charge in [-0.15, -0.1) is 0 Å². The van der Waals surface area contributed by atoms with E-state index in [4.69, 9.17) is 0 Å². The summed E-state index contributed by atoms with van der Waals surface area (Å²) in [6.07, 6.45) is 1.52. The number of halogens is 2. The zero-order chi connectivity index (χ0) is 14.1. The molecule has 0 saturated carbocycles. The minimum Gasteiger partial charge on any atom is -0.494 e. The maximum Gasteiger partial charge on any atom is 0.198 e. The van der Waals surface area contributed by atoms with Gasteiger partial charge in [0.1, 0.15) is 5.82 Å². The third-order valence-electron chi connectivity index (χ3n) is 2.97. The van der Waals surface area contributed by atoms with Gasteiger partial charge in [0.25, 0.3) is 0 Å². The molecule has 0 amide bonds. The Bertz CT molecular complexity index is 811. The molecule has 0 aliphatic carbocycles. The highest BCUT2D eigenvalue weighted by Gasteiger charge is 2.09. The predicted molar refractivity (Wildman–Crippen MR) is 81.3 cm³/mol. The van der Waals surface area contributed by atoms with Crippen molar-refractivity contribution in [3.63, 3.8) is 0 Å². The van der Waals surface area contributed by atoms with E-state index in [9.17, 15) is 9.50 Å². The number of para-hydroxylation sites is 1. The fourth-order valence-electron chi connectivity index (χ4n) is 1.99. The first-order valence-corrected chi connectivity index (χ1v) is 6.73. The summed E-state index contributed by atoms with van der Waals surface area (Å²) in [6.45, 7) is 0. The number of nitrogens with zero attached hydrogens (tertiary/aromatic N) is 1. The fraction of sp³-hybridized carbons (Fsp3) is 0. The molecular formula is C15H10BrFN2O. The average molecular weight is 333 g/mol. The van der Waals surface area contributed by atoms with Gasteiger partial charge in [0.05, 0.1) is 11.3 Å². The van der Waals surface area contributed by atoms with E-state index in [0.29, 0.717) is 16.5 Å². The van der Waals surface area contributed by atoms with Crippen LogP contribution >= 0.6 is 15.9 Å². The molecule has 5 heteroatoms. The van der Waals surface area contributed by atoms with Crippen LogP contribution < -0.4 is 0 Å². The second-order valence-electron chi connectivity index (χ2n) is 4.29. The molecule has 0 atom stereocenters. The Balaban J connectivity index is 2.09. The molecule has 20 heavy (non-hydrogen) atoms. The minimum atomic E-state index is -0.355. The summed E-state index contributed by atoms with van der Waals surface area (Å²) in [6, 6.07) is 11.8. The van der Waals surface area contributed by atoms with E-state index in [1.807, 2.05) is 24.3 Å². The molecule has 0 spiro atoms. The molecule has 3 rings (SSSR count). The third-order valence-corrected chi connectivity index (χ3v) is 3.64. The Kier molecular flexibility index (Phi) is 3.28. The molecule has 0 aliphatic rings. The summed E-state index contributed by atoms with van der Waals surface area (Å²) in [4.78, 5) is 7.11. The van der Waals surface area contributed by atoms with E-state index < -0.39 is 0 Å². The Morgan fingerprint density at radius 3 is 2.80 bits per heavy atom. The molecule has 3 aromatic rings. The van der Waals surface area contributed by atoms with Crippen molar-refractivity contribution < 1.29 is 9.50 Å². The van der Waals surface area contributed by atoms with Crippen LogP contribution in [0.2, 0.25) is 0 Å². The first-order valence-electron chi connectivity index (χ1n) is 5.94. The quantitative estimate of drug-likeness (QED) is 0.665. The van der Waals surface area contributed by atoms with Crippen molar-refractivity contribution in [3.05, 3.63) is 58.3 Å². The molecule has 0 fully saturated rings. The van der Waals surface area contributed by atoms with Crippen molar-refractivity contribution in [1.29, 1.82) is 0 Å². The Morgan fingerprint density at radius 1 is 1.20 bits per heavy atom. The van der Waals surface area contributed by atoms with Gasteiger partial charge in [-0.1, -0.05) is 12.1 Å². The highest BCUT2D eigenvalue weighted by molar-refractivity contribution is 9.10. The average Bonchev–Trinajstić information content (AvgIpc) is 2.73. The predicted octanol–water partition coefficient (Wildman–Crippen LogP) is 4.53. The molecule has 0 saturated heterocycles. The Hall–Kier alpha value is -2.14. The second kappa shape index (κ2) is 5.09. The molecular weight excluding hydrogens is 323 g/mol. The molecule has 3 nitrogen and oxygen atoms in total. The topological polar surface area (TPSA) is 48.4 Å². The normalized spacial score (nSPS) is 11.5. The van der Waals surface area contributed by atoms with Gasteiger partial charge in [-0.25, -0.2) is 4.39 Å². The number of hydrogen-bond donors (Lipinski definition) is 2. The van der Waals surface area contributed by atoms with Crippen molar-refractivity contribution in [3.8, 4) is 5.88 Å². The molecule has 100 valence electrons. The lowest BCUT2D eigenvalue weighted by atomic mass is 10.2. The minimum absolute atomic E-state index is 0.0265. The number of aromatic nitrogens is 1. The van der Waals surface area contributed by atoms with Crippen molar-refractivity contribution in [2.75, 3.05) is 0 Å². The van der Waals surface area contributed by atoms with Crippen LogP contribution in [0, 0.1) is 5.82 Å². The lowest BCUT2D eigenvalue weighted by molar-refractivity contribution is 0.457. The summed E-state index contributed by atoms with van der Waals surface area (Å²) in [5, 5.41) is 10.5.